The van der Waals surface area contributed by atoms with Gasteiger partial charge < -0.3 is 10.6 Å². The van der Waals surface area contributed by atoms with E-state index >= 15 is 0 Å². The minimum Gasteiger partial charge on any atom is -0.353 e. The van der Waals surface area contributed by atoms with Crippen LogP contribution in [-0.2, 0) is 6.54 Å². The second kappa shape index (κ2) is 7.70. The van der Waals surface area contributed by atoms with Gasteiger partial charge in [0.1, 0.15) is 5.69 Å². The van der Waals surface area contributed by atoms with E-state index < -0.39 is 0 Å². The monoisotopic (exact) mass is 382 g/mol. The lowest BCUT2D eigenvalue weighted by molar-refractivity contribution is 0.0946. The zero-order valence-electron chi connectivity index (χ0n) is 12.7. The summed E-state index contributed by atoms with van der Waals surface area (Å²) in [5, 5.41) is 6.07. The van der Waals surface area contributed by atoms with E-state index in [0.717, 1.165) is 21.4 Å². The first-order valence-corrected chi connectivity index (χ1v) is 8.16. The van der Waals surface area contributed by atoms with E-state index in [1.807, 2.05) is 42.5 Å². The molecule has 1 amide bonds. The van der Waals surface area contributed by atoms with Gasteiger partial charge in [0.2, 0.25) is 0 Å². The van der Waals surface area contributed by atoms with Crippen molar-refractivity contribution in [3.63, 3.8) is 0 Å². The second-order valence-corrected chi connectivity index (χ2v) is 5.94. The average molecular weight is 383 g/mol. The van der Waals surface area contributed by atoms with Crippen LogP contribution in [0.2, 0.25) is 0 Å². The van der Waals surface area contributed by atoms with Crippen LogP contribution >= 0.6 is 15.9 Å². The van der Waals surface area contributed by atoms with Crippen LogP contribution < -0.4 is 10.6 Å². The third kappa shape index (κ3) is 4.17. The van der Waals surface area contributed by atoms with E-state index in [0.29, 0.717) is 12.2 Å². The maximum Gasteiger partial charge on any atom is 0.270 e. The van der Waals surface area contributed by atoms with Gasteiger partial charge in [-0.1, -0.05) is 18.2 Å². The first-order valence-electron chi connectivity index (χ1n) is 7.37. The van der Waals surface area contributed by atoms with Crippen molar-refractivity contribution in [2.75, 3.05) is 5.32 Å². The molecule has 0 saturated carbocycles. The lowest BCUT2D eigenvalue weighted by Gasteiger charge is -2.09. The molecule has 24 heavy (non-hydrogen) atoms. The van der Waals surface area contributed by atoms with Crippen LogP contribution in [0.5, 0.6) is 0 Å². The number of hydrogen-bond acceptors (Lipinski definition) is 4. The molecule has 0 aliphatic carbocycles. The zero-order valence-corrected chi connectivity index (χ0v) is 14.3. The van der Waals surface area contributed by atoms with Crippen molar-refractivity contribution < 1.29 is 4.79 Å². The molecule has 0 bridgehead atoms. The molecule has 0 atom stereocenters. The summed E-state index contributed by atoms with van der Waals surface area (Å²) >= 11 is 3.48. The Morgan fingerprint density at radius 3 is 2.62 bits per heavy atom. The number of pyridine rings is 2. The largest absolute Gasteiger partial charge is 0.353 e. The highest BCUT2D eigenvalue weighted by Gasteiger charge is 2.07. The van der Waals surface area contributed by atoms with Crippen LogP contribution in [0.4, 0.5) is 11.4 Å². The molecule has 2 N–H and O–H groups in total. The molecule has 5 nitrogen and oxygen atoms in total. The van der Waals surface area contributed by atoms with Crippen LogP contribution in [0, 0.1) is 0 Å². The zero-order chi connectivity index (χ0) is 16.8. The van der Waals surface area contributed by atoms with Crippen LogP contribution in [0.1, 0.15) is 16.1 Å². The van der Waals surface area contributed by atoms with Gasteiger partial charge in [-0.15, -0.1) is 0 Å². The van der Waals surface area contributed by atoms with Gasteiger partial charge in [-0.05, 0) is 51.8 Å². The molecule has 2 aromatic heterocycles. The van der Waals surface area contributed by atoms with Crippen LogP contribution in [-0.4, -0.2) is 15.9 Å². The Bertz CT molecular complexity index is 822. The van der Waals surface area contributed by atoms with Gasteiger partial charge in [0, 0.05) is 23.4 Å². The number of hydrogen-bond donors (Lipinski definition) is 2. The molecule has 3 rings (SSSR count). The summed E-state index contributed by atoms with van der Waals surface area (Å²) in [6.07, 6.45) is 5.06. The van der Waals surface area contributed by atoms with E-state index in [1.165, 1.54) is 0 Å². The Morgan fingerprint density at radius 1 is 1.04 bits per heavy atom. The lowest BCUT2D eigenvalue weighted by atomic mass is 10.2. The highest BCUT2D eigenvalue weighted by molar-refractivity contribution is 9.10. The first kappa shape index (κ1) is 16.1. The molecule has 6 heteroatoms. The van der Waals surface area contributed by atoms with Gasteiger partial charge in [-0.25, -0.2) is 4.98 Å². The van der Waals surface area contributed by atoms with Crippen molar-refractivity contribution in [3.05, 3.63) is 82.9 Å². The predicted octanol–water partition coefficient (Wildman–Crippen LogP) is 3.91. The fraction of sp³-hybridized carbons (Fsp3) is 0.0556. The van der Waals surface area contributed by atoms with Gasteiger partial charge in [-0.2, -0.15) is 0 Å². The summed E-state index contributed by atoms with van der Waals surface area (Å²) in [6.45, 7) is 0.422. The Morgan fingerprint density at radius 2 is 1.92 bits per heavy atom. The molecule has 0 fully saturated rings. The van der Waals surface area contributed by atoms with E-state index in [-0.39, 0.29) is 5.91 Å². The normalized spacial score (nSPS) is 10.2. The maximum atomic E-state index is 12.1. The Balaban J connectivity index is 1.61. The number of rotatable bonds is 5. The Hall–Kier alpha value is -2.73. The first-order chi connectivity index (χ1) is 11.7. The quantitative estimate of drug-likeness (QED) is 0.701. The smallest absolute Gasteiger partial charge is 0.270 e. The highest BCUT2D eigenvalue weighted by Crippen LogP contribution is 2.24. The Labute approximate surface area is 148 Å². The van der Waals surface area contributed by atoms with E-state index in [4.69, 9.17) is 0 Å². The number of nitrogens with one attached hydrogen (secondary N) is 2. The summed E-state index contributed by atoms with van der Waals surface area (Å²) in [7, 11) is 0. The maximum absolute atomic E-state index is 12.1. The number of carbonyl (C=O) groups is 1. The molecule has 120 valence electrons. The van der Waals surface area contributed by atoms with Gasteiger partial charge >= 0.3 is 0 Å². The summed E-state index contributed by atoms with van der Waals surface area (Å²) in [5.41, 5.74) is 3.06. The van der Waals surface area contributed by atoms with Gasteiger partial charge in [-0.3, -0.25) is 9.78 Å². The lowest BCUT2D eigenvalue weighted by Crippen LogP contribution is -2.23. The van der Waals surface area contributed by atoms with Crippen molar-refractivity contribution in [1.29, 1.82) is 0 Å². The number of aromatic nitrogens is 2. The fourth-order valence-electron chi connectivity index (χ4n) is 2.10. The fourth-order valence-corrected chi connectivity index (χ4v) is 2.48. The van der Waals surface area contributed by atoms with E-state index in [1.54, 1.807) is 24.7 Å². The average Bonchev–Trinajstić information content (AvgIpc) is 2.63. The van der Waals surface area contributed by atoms with E-state index in [2.05, 4.69) is 36.5 Å². The van der Waals surface area contributed by atoms with Crippen molar-refractivity contribution in [3.8, 4) is 0 Å². The third-order valence-corrected chi connectivity index (χ3v) is 4.02. The second-order valence-electron chi connectivity index (χ2n) is 5.08. The van der Waals surface area contributed by atoms with Gasteiger partial charge in [0.05, 0.1) is 17.6 Å². The number of carbonyl (C=O) groups excluding carboxylic acids is 1. The molecule has 2 heterocycles. The molecular weight excluding hydrogens is 368 g/mol. The van der Waals surface area contributed by atoms with Crippen molar-refractivity contribution in [2.24, 2.45) is 0 Å². The van der Waals surface area contributed by atoms with E-state index in [9.17, 15) is 4.79 Å². The minimum absolute atomic E-state index is 0.216. The third-order valence-electron chi connectivity index (χ3n) is 3.32. The van der Waals surface area contributed by atoms with Crippen molar-refractivity contribution >= 4 is 33.2 Å². The number of para-hydroxylation sites is 1. The van der Waals surface area contributed by atoms with Crippen LogP contribution in [0.3, 0.4) is 0 Å². The summed E-state index contributed by atoms with van der Waals surface area (Å²) in [5.74, 6) is -0.216. The Kier molecular flexibility index (Phi) is 5.18. The predicted molar refractivity (Wildman–Crippen MR) is 97.1 cm³/mol. The van der Waals surface area contributed by atoms with Crippen LogP contribution in [0.15, 0.2) is 71.6 Å². The number of anilines is 2. The van der Waals surface area contributed by atoms with Gasteiger partial charge in [0.25, 0.3) is 5.91 Å². The summed E-state index contributed by atoms with van der Waals surface area (Å²) in [6, 6.07) is 15.1. The molecule has 0 saturated heterocycles. The molecule has 0 unspecified atom stereocenters. The minimum atomic E-state index is -0.216. The number of benzene rings is 1. The summed E-state index contributed by atoms with van der Waals surface area (Å²) < 4.78 is 0.961. The number of nitrogens with zero attached hydrogens (tertiary/aromatic N) is 2. The standard InChI is InChI=1S/C18H15BrN4O/c19-15-5-1-2-6-16(15)23-14-7-8-17(21-12-14)18(24)22-11-13-4-3-9-20-10-13/h1-10,12,23H,11H2,(H,22,24). The topological polar surface area (TPSA) is 66.9 Å². The SMILES string of the molecule is O=C(NCc1cccnc1)c1ccc(Nc2ccccc2Br)cn1. The van der Waals surface area contributed by atoms with Gasteiger partial charge in [0.15, 0.2) is 0 Å². The molecule has 0 radical (unpaired) electrons. The van der Waals surface area contributed by atoms with Crippen molar-refractivity contribution in [2.45, 2.75) is 6.54 Å². The molecule has 1 aromatic carbocycles. The highest BCUT2D eigenvalue weighted by atomic mass is 79.9. The molecule has 3 aromatic rings. The van der Waals surface area contributed by atoms with Crippen molar-refractivity contribution in [1.82, 2.24) is 15.3 Å². The van der Waals surface area contributed by atoms with Crippen LogP contribution in [0.25, 0.3) is 0 Å². The number of amides is 1. The summed E-state index contributed by atoms with van der Waals surface area (Å²) in [4.78, 5) is 20.3. The molecule has 0 spiro atoms. The molecule has 0 aliphatic rings. The molecular formula is C18H15BrN4O. The number of halogens is 1. The molecule has 0 aliphatic heterocycles.